The molecule has 0 saturated carbocycles. The Labute approximate surface area is 189 Å². The van der Waals surface area contributed by atoms with E-state index in [0.29, 0.717) is 0 Å². The first-order valence-corrected chi connectivity index (χ1v) is 12.4. The summed E-state index contributed by atoms with van der Waals surface area (Å²) < 4.78 is 1.23. The average molecular weight is 432 g/mol. The molecule has 2 aromatic carbocycles. The van der Waals surface area contributed by atoms with Crippen LogP contribution in [0.5, 0.6) is 0 Å². The second-order valence-electron chi connectivity index (χ2n) is 8.60. The van der Waals surface area contributed by atoms with Crippen molar-refractivity contribution in [2.75, 3.05) is 24.5 Å². The molecule has 2 aliphatic rings. The average Bonchev–Trinajstić information content (AvgIpc) is 2.78. The zero-order valence-corrected chi connectivity index (χ0v) is 20.0. The second-order valence-corrected chi connectivity index (χ2v) is 9.68. The number of fused-ring (bicyclic) bond motifs is 4. The van der Waals surface area contributed by atoms with Gasteiger partial charge in [-0.1, -0.05) is 51.0 Å². The van der Waals surface area contributed by atoms with E-state index in [4.69, 9.17) is 9.98 Å². The van der Waals surface area contributed by atoms with Crippen LogP contribution in [-0.2, 0) is 0 Å². The Bertz CT molecular complexity index is 1200. The molecule has 2 aromatic rings. The fourth-order valence-corrected chi connectivity index (χ4v) is 5.26. The lowest BCUT2D eigenvalue weighted by molar-refractivity contribution is 0.540. The highest BCUT2D eigenvalue weighted by Gasteiger charge is 2.14. The molecule has 162 valence electrons. The fourth-order valence-electron chi connectivity index (χ4n) is 4.21. The Morgan fingerprint density at radius 3 is 2.48 bits per heavy atom. The van der Waals surface area contributed by atoms with Gasteiger partial charge in [0.05, 0.1) is 26.1 Å². The third-order valence-corrected chi connectivity index (χ3v) is 7.03. The minimum atomic E-state index is 0.767. The summed E-state index contributed by atoms with van der Waals surface area (Å²) in [6.45, 7) is 11.9. The number of aromatic nitrogens is 1. The predicted octanol–water partition coefficient (Wildman–Crippen LogP) is 7.13. The zero-order chi connectivity index (χ0) is 21.8. The molecular formula is C27H33N3S. The van der Waals surface area contributed by atoms with E-state index >= 15 is 0 Å². The van der Waals surface area contributed by atoms with E-state index in [1.54, 1.807) is 0 Å². The van der Waals surface area contributed by atoms with Gasteiger partial charge in [0, 0.05) is 36.1 Å². The number of anilines is 1. The van der Waals surface area contributed by atoms with E-state index in [0.717, 1.165) is 48.5 Å². The van der Waals surface area contributed by atoms with Gasteiger partial charge in [-0.3, -0.25) is 4.99 Å². The zero-order valence-electron chi connectivity index (χ0n) is 19.2. The molecule has 4 rings (SSSR count). The lowest BCUT2D eigenvalue weighted by Crippen LogP contribution is -2.21. The second kappa shape index (κ2) is 9.78. The molecule has 0 aromatic heterocycles. The van der Waals surface area contributed by atoms with E-state index in [1.165, 1.54) is 38.9 Å². The molecule has 1 heterocycles. The van der Waals surface area contributed by atoms with E-state index in [-0.39, 0.29) is 0 Å². The number of unbranched alkanes of at least 4 members (excludes halogenated alkanes) is 1. The SMILES string of the molecule is CCN(CC)c1ccc2nc3c4ccccc4c(=NCCCCC(C)C)cc-3sc2c1. The summed E-state index contributed by atoms with van der Waals surface area (Å²) in [5, 5.41) is 3.51. The summed E-state index contributed by atoms with van der Waals surface area (Å²) in [5.74, 6) is 0.767. The molecule has 0 unspecified atom stereocenters. The first-order chi connectivity index (χ1) is 15.1. The van der Waals surface area contributed by atoms with Crippen LogP contribution in [0.15, 0.2) is 53.5 Å². The molecule has 3 nitrogen and oxygen atoms in total. The molecule has 0 fully saturated rings. The van der Waals surface area contributed by atoms with E-state index in [1.807, 2.05) is 11.3 Å². The number of rotatable bonds is 8. The Hall–Kier alpha value is -2.46. The third kappa shape index (κ3) is 4.74. The number of hydrogen-bond donors (Lipinski definition) is 0. The van der Waals surface area contributed by atoms with Gasteiger partial charge < -0.3 is 4.90 Å². The number of nitrogens with zero attached hydrogens (tertiary/aromatic N) is 3. The molecule has 31 heavy (non-hydrogen) atoms. The van der Waals surface area contributed by atoms with Crippen LogP contribution in [0.25, 0.3) is 31.6 Å². The maximum atomic E-state index is 5.08. The molecular weight excluding hydrogens is 398 g/mol. The van der Waals surface area contributed by atoms with Crippen LogP contribution in [-0.4, -0.2) is 24.6 Å². The summed E-state index contributed by atoms with van der Waals surface area (Å²) in [6, 6.07) is 17.5. The molecule has 1 aliphatic carbocycles. The van der Waals surface area contributed by atoms with Crippen LogP contribution in [0, 0.1) is 5.92 Å². The van der Waals surface area contributed by atoms with Crippen molar-refractivity contribution < 1.29 is 0 Å². The smallest absolute Gasteiger partial charge is 0.0889 e. The first-order valence-electron chi connectivity index (χ1n) is 11.6. The number of hydrogen-bond acceptors (Lipinski definition) is 4. The molecule has 0 amide bonds. The van der Waals surface area contributed by atoms with Gasteiger partial charge in [0.2, 0.25) is 0 Å². The minimum Gasteiger partial charge on any atom is -0.372 e. The molecule has 1 aliphatic heterocycles. The van der Waals surface area contributed by atoms with Gasteiger partial charge in [-0.2, -0.15) is 0 Å². The Morgan fingerprint density at radius 2 is 1.74 bits per heavy atom. The third-order valence-electron chi connectivity index (χ3n) is 5.96. The lowest BCUT2D eigenvalue weighted by atomic mass is 10.1. The highest BCUT2D eigenvalue weighted by molar-refractivity contribution is 7.21. The maximum Gasteiger partial charge on any atom is 0.0889 e. The van der Waals surface area contributed by atoms with Crippen molar-refractivity contribution in [3.8, 4) is 10.6 Å². The van der Waals surface area contributed by atoms with Crippen LogP contribution in [0.2, 0.25) is 0 Å². The van der Waals surface area contributed by atoms with Gasteiger partial charge in [0.25, 0.3) is 0 Å². The molecule has 0 saturated heterocycles. The van der Waals surface area contributed by atoms with E-state index < -0.39 is 0 Å². The molecule has 0 N–H and O–H groups in total. The summed E-state index contributed by atoms with van der Waals surface area (Å²) >= 11 is 1.83. The normalized spacial score (nSPS) is 12.5. The van der Waals surface area contributed by atoms with Crippen LogP contribution in [0.3, 0.4) is 0 Å². The van der Waals surface area contributed by atoms with Crippen molar-refractivity contribution in [1.82, 2.24) is 4.98 Å². The molecule has 0 radical (unpaired) electrons. The summed E-state index contributed by atoms with van der Waals surface area (Å²) in [4.78, 5) is 13.7. The Kier molecular flexibility index (Phi) is 6.86. The Morgan fingerprint density at radius 1 is 0.968 bits per heavy atom. The highest BCUT2D eigenvalue weighted by Crippen LogP contribution is 2.35. The monoisotopic (exact) mass is 431 g/mol. The molecule has 0 atom stereocenters. The predicted molar refractivity (Wildman–Crippen MR) is 136 cm³/mol. The van der Waals surface area contributed by atoms with Crippen molar-refractivity contribution in [3.05, 3.63) is 53.9 Å². The van der Waals surface area contributed by atoms with Crippen molar-refractivity contribution in [2.24, 2.45) is 10.9 Å². The topological polar surface area (TPSA) is 28.5 Å². The largest absolute Gasteiger partial charge is 0.372 e. The first kappa shape index (κ1) is 21.8. The fraction of sp³-hybridized carbons (Fsp3) is 0.407. The van der Waals surface area contributed by atoms with E-state index in [2.05, 4.69) is 81.1 Å². The Balaban J connectivity index is 1.80. The molecule has 0 bridgehead atoms. The van der Waals surface area contributed by atoms with Gasteiger partial charge in [-0.15, -0.1) is 11.3 Å². The van der Waals surface area contributed by atoms with Crippen molar-refractivity contribution in [1.29, 1.82) is 0 Å². The van der Waals surface area contributed by atoms with E-state index in [9.17, 15) is 0 Å². The molecule has 0 spiro atoms. The maximum absolute atomic E-state index is 5.08. The van der Waals surface area contributed by atoms with Crippen LogP contribution >= 0.6 is 11.3 Å². The van der Waals surface area contributed by atoms with Gasteiger partial charge in [-0.05, 0) is 50.5 Å². The summed E-state index contributed by atoms with van der Waals surface area (Å²) in [6.07, 6.45) is 3.67. The van der Waals surface area contributed by atoms with Crippen molar-refractivity contribution in [2.45, 2.75) is 47.0 Å². The van der Waals surface area contributed by atoms with Gasteiger partial charge in [0.1, 0.15) is 0 Å². The molecule has 4 heteroatoms. The standard InChI is InChI=1S/C27H33N3S/c1-5-30(6-2)20-14-15-23-25(17-20)31-26-18-24(28-16-10-9-11-19(3)4)21-12-7-8-13-22(21)27(26)29-23/h7-8,12-15,17-19H,5-6,9-11,16H2,1-4H3. The quantitative estimate of drug-likeness (QED) is 0.169. The van der Waals surface area contributed by atoms with Gasteiger partial charge in [0.15, 0.2) is 0 Å². The highest BCUT2D eigenvalue weighted by atomic mass is 32.1. The minimum absolute atomic E-state index is 0.767. The van der Waals surface area contributed by atoms with Crippen LogP contribution < -0.4 is 10.3 Å². The van der Waals surface area contributed by atoms with Crippen molar-refractivity contribution in [3.63, 3.8) is 0 Å². The van der Waals surface area contributed by atoms with Gasteiger partial charge >= 0.3 is 0 Å². The lowest BCUT2D eigenvalue weighted by Gasteiger charge is -2.21. The van der Waals surface area contributed by atoms with Crippen LogP contribution in [0.1, 0.15) is 47.0 Å². The van der Waals surface area contributed by atoms with Gasteiger partial charge in [-0.25, -0.2) is 4.98 Å². The summed E-state index contributed by atoms with van der Waals surface area (Å²) in [7, 11) is 0. The van der Waals surface area contributed by atoms with Crippen LogP contribution in [0.4, 0.5) is 5.69 Å². The van der Waals surface area contributed by atoms with Crippen molar-refractivity contribution >= 4 is 38.0 Å². The number of benzene rings is 3. The summed E-state index contributed by atoms with van der Waals surface area (Å²) in [5.41, 5.74) is 3.42.